The van der Waals surface area contributed by atoms with Crippen molar-refractivity contribution in [3.8, 4) is 0 Å². The predicted octanol–water partition coefficient (Wildman–Crippen LogP) is 3.81. The molecule has 1 aliphatic rings. The van der Waals surface area contributed by atoms with E-state index in [4.69, 9.17) is 0 Å². The Bertz CT molecular complexity index is 638. The second kappa shape index (κ2) is 5.27. The smallest absolute Gasteiger partial charge is 0.221 e. The fourth-order valence-electron chi connectivity index (χ4n) is 3.30. The van der Waals surface area contributed by atoms with Gasteiger partial charge in [-0.25, -0.2) is 4.98 Å². The van der Waals surface area contributed by atoms with Crippen LogP contribution in [0.5, 0.6) is 0 Å². The molecule has 1 N–H and O–H groups in total. The summed E-state index contributed by atoms with van der Waals surface area (Å²) in [7, 11) is 0. The van der Waals surface area contributed by atoms with Crippen molar-refractivity contribution in [1.82, 2.24) is 9.55 Å². The molecule has 1 aromatic heterocycles. The molecule has 0 atom stereocenters. The van der Waals surface area contributed by atoms with Crippen molar-refractivity contribution in [3.05, 3.63) is 24.0 Å². The number of hydrogen-bond acceptors (Lipinski definition) is 2. The summed E-state index contributed by atoms with van der Waals surface area (Å²) in [5.74, 6) is 1.03. The van der Waals surface area contributed by atoms with E-state index in [1.54, 1.807) is 0 Å². The van der Waals surface area contributed by atoms with Gasteiger partial charge in [0, 0.05) is 18.7 Å². The van der Waals surface area contributed by atoms with Crippen LogP contribution >= 0.6 is 0 Å². The molecule has 0 spiro atoms. The largest absolute Gasteiger partial charge is 0.326 e. The number of aryl methyl sites for hydroxylation is 1. The first-order valence-electron chi connectivity index (χ1n) is 7.41. The zero-order valence-electron chi connectivity index (χ0n) is 12.1. The minimum atomic E-state index is -0.0483. The van der Waals surface area contributed by atoms with Crippen molar-refractivity contribution < 1.29 is 4.79 Å². The number of carbonyl (C=O) groups excluding carboxylic acids is 1. The van der Waals surface area contributed by atoms with Gasteiger partial charge in [-0.1, -0.05) is 19.3 Å². The van der Waals surface area contributed by atoms with E-state index in [0.717, 1.165) is 17.0 Å². The molecular weight excluding hydrogens is 250 g/mol. The number of carbonyl (C=O) groups is 1. The molecule has 106 valence electrons. The fourth-order valence-corrected chi connectivity index (χ4v) is 3.30. The van der Waals surface area contributed by atoms with Crippen LogP contribution in [0, 0.1) is 6.92 Å². The Morgan fingerprint density at radius 2 is 2.05 bits per heavy atom. The van der Waals surface area contributed by atoms with Gasteiger partial charge in [0.05, 0.1) is 11.0 Å². The van der Waals surface area contributed by atoms with Gasteiger partial charge in [0.2, 0.25) is 5.91 Å². The molecule has 1 amide bonds. The van der Waals surface area contributed by atoms with E-state index >= 15 is 0 Å². The number of rotatable bonds is 2. The SMILES string of the molecule is CC(=O)Nc1ccc2c(c1)nc(C)n2C1CCCCC1. The van der Waals surface area contributed by atoms with E-state index in [1.165, 1.54) is 44.5 Å². The minimum absolute atomic E-state index is 0.0483. The van der Waals surface area contributed by atoms with Gasteiger partial charge in [0.25, 0.3) is 0 Å². The first-order chi connectivity index (χ1) is 9.65. The molecule has 1 saturated carbocycles. The molecular formula is C16H21N3O. The van der Waals surface area contributed by atoms with Crippen LogP contribution in [0.15, 0.2) is 18.2 Å². The summed E-state index contributed by atoms with van der Waals surface area (Å²) in [6, 6.07) is 6.59. The van der Waals surface area contributed by atoms with Crippen LogP contribution in [0.1, 0.15) is 50.9 Å². The lowest BCUT2D eigenvalue weighted by atomic mass is 9.95. The summed E-state index contributed by atoms with van der Waals surface area (Å²) in [6.07, 6.45) is 6.48. The number of aromatic nitrogens is 2. The first kappa shape index (κ1) is 13.2. The molecule has 1 heterocycles. The Morgan fingerprint density at radius 1 is 1.30 bits per heavy atom. The van der Waals surface area contributed by atoms with Crippen molar-refractivity contribution in [2.24, 2.45) is 0 Å². The van der Waals surface area contributed by atoms with Crippen molar-refractivity contribution in [2.45, 2.75) is 52.0 Å². The molecule has 0 bridgehead atoms. The summed E-state index contributed by atoms with van der Waals surface area (Å²) in [5.41, 5.74) is 2.97. The molecule has 20 heavy (non-hydrogen) atoms. The highest BCUT2D eigenvalue weighted by atomic mass is 16.1. The highest BCUT2D eigenvalue weighted by molar-refractivity contribution is 5.91. The van der Waals surface area contributed by atoms with Gasteiger partial charge in [0.15, 0.2) is 0 Å². The molecule has 0 aliphatic heterocycles. The third kappa shape index (κ3) is 2.42. The zero-order valence-corrected chi connectivity index (χ0v) is 12.1. The third-order valence-electron chi connectivity index (χ3n) is 4.13. The second-order valence-electron chi connectivity index (χ2n) is 5.71. The third-order valence-corrected chi connectivity index (χ3v) is 4.13. The van der Waals surface area contributed by atoms with Crippen LogP contribution in [0.3, 0.4) is 0 Å². The van der Waals surface area contributed by atoms with Gasteiger partial charge in [-0.2, -0.15) is 0 Å². The van der Waals surface area contributed by atoms with Crippen LogP contribution in [0.2, 0.25) is 0 Å². The fraction of sp³-hybridized carbons (Fsp3) is 0.500. The molecule has 0 unspecified atom stereocenters. The van der Waals surface area contributed by atoms with E-state index in [1.807, 2.05) is 12.1 Å². The summed E-state index contributed by atoms with van der Waals surface area (Å²) in [4.78, 5) is 15.8. The Labute approximate surface area is 119 Å². The lowest BCUT2D eigenvalue weighted by molar-refractivity contribution is -0.114. The molecule has 0 saturated heterocycles. The Kier molecular flexibility index (Phi) is 3.47. The van der Waals surface area contributed by atoms with Crippen LogP contribution < -0.4 is 5.32 Å². The summed E-state index contributed by atoms with van der Waals surface area (Å²) in [5, 5.41) is 2.82. The summed E-state index contributed by atoms with van der Waals surface area (Å²) < 4.78 is 2.38. The average Bonchev–Trinajstić information content (AvgIpc) is 2.74. The Hall–Kier alpha value is -1.84. The molecule has 4 heteroatoms. The number of anilines is 1. The number of amides is 1. The molecule has 0 radical (unpaired) electrons. The van der Waals surface area contributed by atoms with Crippen LogP contribution in [-0.4, -0.2) is 15.5 Å². The topological polar surface area (TPSA) is 46.9 Å². The number of nitrogens with one attached hydrogen (secondary N) is 1. The van der Waals surface area contributed by atoms with Gasteiger partial charge in [-0.3, -0.25) is 4.79 Å². The average molecular weight is 271 g/mol. The van der Waals surface area contributed by atoms with E-state index < -0.39 is 0 Å². The van der Waals surface area contributed by atoms with E-state index in [0.29, 0.717) is 6.04 Å². The van der Waals surface area contributed by atoms with Gasteiger partial charge >= 0.3 is 0 Å². The van der Waals surface area contributed by atoms with Crippen molar-refractivity contribution in [2.75, 3.05) is 5.32 Å². The molecule has 1 fully saturated rings. The molecule has 3 rings (SSSR count). The van der Waals surface area contributed by atoms with E-state index in [-0.39, 0.29) is 5.91 Å². The normalized spacial score (nSPS) is 16.5. The second-order valence-corrected chi connectivity index (χ2v) is 5.71. The maximum absolute atomic E-state index is 11.1. The zero-order chi connectivity index (χ0) is 14.1. The summed E-state index contributed by atoms with van der Waals surface area (Å²) >= 11 is 0. The highest BCUT2D eigenvalue weighted by Crippen LogP contribution is 2.32. The standard InChI is InChI=1S/C16H21N3O/c1-11-17-15-10-13(18-12(2)20)8-9-16(15)19(11)14-6-4-3-5-7-14/h8-10,14H,3-7H2,1-2H3,(H,18,20). The quantitative estimate of drug-likeness (QED) is 0.902. The number of nitrogens with zero attached hydrogens (tertiary/aromatic N) is 2. The number of hydrogen-bond donors (Lipinski definition) is 1. The van der Waals surface area contributed by atoms with E-state index in [9.17, 15) is 4.79 Å². The molecule has 1 aliphatic carbocycles. The van der Waals surface area contributed by atoms with Crippen molar-refractivity contribution in [1.29, 1.82) is 0 Å². The maximum atomic E-state index is 11.1. The lowest BCUT2D eigenvalue weighted by Gasteiger charge is -2.25. The minimum Gasteiger partial charge on any atom is -0.326 e. The van der Waals surface area contributed by atoms with Gasteiger partial charge in [-0.05, 0) is 38.0 Å². The van der Waals surface area contributed by atoms with Crippen LogP contribution in [-0.2, 0) is 4.79 Å². The maximum Gasteiger partial charge on any atom is 0.221 e. The van der Waals surface area contributed by atoms with Crippen molar-refractivity contribution in [3.63, 3.8) is 0 Å². The Balaban J connectivity index is 2.00. The van der Waals surface area contributed by atoms with Crippen LogP contribution in [0.4, 0.5) is 5.69 Å². The number of imidazole rings is 1. The highest BCUT2D eigenvalue weighted by Gasteiger charge is 2.19. The van der Waals surface area contributed by atoms with Gasteiger partial charge in [0.1, 0.15) is 5.82 Å². The monoisotopic (exact) mass is 271 g/mol. The van der Waals surface area contributed by atoms with Gasteiger partial charge in [-0.15, -0.1) is 0 Å². The Morgan fingerprint density at radius 3 is 2.75 bits per heavy atom. The number of benzene rings is 1. The van der Waals surface area contributed by atoms with Crippen LogP contribution in [0.25, 0.3) is 11.0 Å². The molecule has 2 aromatic rings. The van der Waals surface area contributed by atoms with E-state index in [2.05, 4.69) is 27.9 Å². The van der Waals surface area contributed by atoms with Gasteiger partial charge < -0.3 is 9.88 Å². The summed E-state index contributed by atoms with van der Waals surface area (Å²) in [6.45, 7) is 3.60. The number of fused-ring (bicyclic) bond motifs is 1. The molecule has 4 nitrogen and oxygen atoms in total. The lowest BCUT2D eigenvalue weighted by Crippen LogP contribution is -2.14. The first-order valence-corrected chi connectivity index (χ1v) is 7.41. The predicted molar refractivity (Wildman–Crippen MR) is 80.9 cm³/mol. The molecule has 1 aromatic carbocycles. The van der Waals surface area contributed by atoms with Crippen molar-refractivity contribution >= 4 is 22.6 Å².